The van der Waals surface area contributed by atoms with Crippen LogP contribution in [0.15, 0.2) is 58.0 Å². The number of hydrogen-bond donors (Lipinski definition) is 3. The molecule has 0 aliphatic rings. The van der Waals surface area contributed by atoms with E-state index >= 15 is 0 Å². The number of rotatable bonds is 5. The molecule has 0 spiro atoms. The number of anilines is 2. The number of nitrogens with zero attached hydrogens (tertiary/aromatic N) is 1. The molecule has 5 nitrogen and oxygen atoms in total. The van der Waals surface area contributed by atoms with Crippen LogP contribution < -0.4 is 16.4 Å². The summed E-state index contributed by atoms with van der Waals surface area (Å²) in [5.74, 6) is 0.199. The maximum Gasteiger partial charge on any atom is 0.226 e. The van der Waals surface area contributed by atoms with Gasteiger partial charge < -0.3 is 16.4 Å². The number of hydrogen-bond acceptors (Lipinski definition) is 2. The van der Waals surface area contributed by atoms with Crippen molar-refractivity contribution in [3.05, 3.63) is 58.6 Å². The quantitative estimate of drug-likeness (QED) is 0.553. The zero-order valence-electron chi connectivity index (χ0n) is 12.8. The molecule has 120 valence electrons. The van der Waals surface area contributed by atoms with E-state index in [1.807, 2.05) is 55.5 Å². The SMILES string of the molecule is Cc1ccc(Br)cc1NC(=O)CCN=C(N)Nc1ccccc1. The van der Waals surface area contributed by atoms with Crippen molar-refractivity contribution < 1.29 is 4.79 Å². The third-order valence-electron chi connectivity index (χ3n) is 3.14. The van der Waals surface area contributed by atoms with Crippen molar-refractivity contribution in [2.24, 2.45) is 10.7 Å². The minimum Gasteiger partial charge on any atom is -0.370 e. The molecular formula is C17H19BrN4O. The van der Waals surface area contributed by atoms with Gasteiger partial charge in [-0.1, -0.05) is 40.2 Å². The van der Waals surface area contributed by atoms with Gasteiger partial charge in [0, 0.05) is 22.3 Å². The van der Waals surface area contributed by atoms with E-state index in [9.17, 15) is 4.79 Å². The van der Waals surface area contributed by atoms with Gasteiger partial charge in [-0.25, -0.2) is 0 Å². The monoisotopic (exact) mass is 374 g/mol. The summed E-state index contributed by atoms with van der Waals surface area (Å²) in [6, 6.07) is 15.3. The van der Waals surface area contributed by atoms with E-state index in [-0.39, 0.29) is 12.3 Å². The predicted molar refractivity (Wildman–Crippen MR) is 98.7 cm³/mol. The Balaban J connectivity index is 1.82. The standard InChI is InChI=1S/C17H19BrN4O/c1-12-7-8-13(18)11-15(12)22-16(23)9-10-20-17(19)21-14-5-3-2-4-6-14/h2-8,11H,9-10H2,1H3,(H,22,23)(H3,19,20,21). The molecule has 2 rings (SSSR count). The highest BCUT2D eigenvalue weighted by atomic mass is 79.9. The van der Waals surface area contributed by atoms with Gasteiger partial charge in [-0.2, -0.15) is 0 Å². The molecule has 0 aromatic heterocycles. The maximum atomic E-state index is 12.0. The Morgan fingerprint density at radius 1 is 1.17 bits per heavy atom. The number of aliphatic imine (C=N–C) groups is 1. The van der Waals surface area contributed by atoms with Crippen LogP contribution in [0, 0.1) is 6.92 Å². The molecule has 0 fully saturated rings. The summed E-state index contributed by atoms with van der Waals surface area (Å²) in [6.07, 6.45) is 0.267. The third kappa shape index (κ3) is 5.75. The maximum absolute atomic E-state index is 12.0. The van der Waals surface area contributed by atoms with E-state index in [1.54, 1.807) is 0 Å². The number of para-hydroxylation sites is 1. The molecule has 0 unspecified atom stereocenters. The van der Waals surface area contributed by atoms with Crippen LogP contribution in [0.1, 0.15) is 12.0 Å². The van der Waals surface area contributed by atoms with Crippen LogP contribution in [0.5, 0.6) is 0 Å². The van der Waals surface area contributed by atoms with Crippen molar-refractivity contribution in [1.82, 2.24) is 0 Å². The second kappa shape index (κ2) is 8.33. The lowest BCUT2D eigenvalue weighted by molar-refractivity contribution is -0.116. The molecule has 23 heavy (non-hydrogen) atoms. The van der Waals surface area contributed by atoms with Crippen molar-refractivity contribution in [1.29, 1.82) is 0 Å². The highest BCUT2D eigenvalue weighted by molar-refractivity contribution is 9.10. The van der Waals surface area contributed by atoms with E-state index in [2.05, 4.69) is 31.6 Å². The average Bonchev–Trinajstić information content (AvgIpc) is 2.52. The lowest BCUT2D eigenvalue weighted by Crippen LogP contribution is -2.23. The third-order valence-corrected chi connectivity index (χ3v) is 3.63. The van der Waals surface area contributed by atoms with Crippen LogP contribution in [0.25, 0.3) is 0 Å². The number of aryl methyl sites for hydroxylation is 1. The Kier molecular flexibility index (Phi) is 6.17. The zero-order chi connectivity index (χ0) is 16.7. The highest BCUT2D eigenvalue weighted by Gasteiger charge is 2.05. The Morgan fingerprint density at radius 3 is 2.65 bits per heavy atom. The van der Waals surface area contributed by atoms with Gasteiger partial charge in [0.25, 0.3) is 0 Å². The summed E-state index contributed by atoms with van der Waals surface area (Å²) in [6.45, 7) is 2.27. The number of carbonyl (C=O) groups is 1. The molecule has 0 radical (unpaired) electrons. The summed E-state index contributed by atoms with van der Waals surface area (Å²) < 4.78 is 0.924. The predicted octanol–water partition coefficient (Wildman–Crippen LogP) is 3.51. The number of halogens is 1. The van der Waals surface area contributed by atoms with Gasteiger partial charge in [-0.05, 0) is 36.8 Å². The molecule has 0 aliphatic carbocycles. The molecule has 0 saturated heterocycles. The van der Waals surface area contributed by atoms with Gasteiger partial charge in [0.15, 0.2) is 5.96 Å². The van der Waals surface area contributed by atoms with Gasteiger partial charge >= 0.3 is 0 Å². The summed E-state index contributed by atoms with van der Waals surface area (Å²) in [5.41, 5.74) is 8.46. The van der Waals surface area contributed by atoms with Crippen LogP contribution in [0.3, 0.4) is 0 Å². The van der Waals surface area contributed by atoms with E-state index < -0.39 is 0 Å². The molecule has 0 heterocycles. The summed E-state index contributed by atoms with van der Waals surface area (Å²) in [4.78, 5) is 16.1. The Labute approximate surface area is 144 Å². The van der Waals surface area contributed by atoms with Crippen molar-refractivity contribution in [3.63, 3.8) is 0 Å². The number of nitrogens with two attached hydrogens (primary N) is 1. The van der Waals surface area contributed by atoms with E-state index in [4.69, 9.17) is 5.73 Å². The molecule has 0 atom stereocenters. The van der Waals surface area contributed by atoms with E-state index in [0.29, 0.717) is 12.5 Å². The van der Waals surface area contributed by atoms with Crippen molar-refractivity contribution in [2.75, 3.05) is 17.2 Å². The van der Waals surface area contributed by atoms with Crippen LogP contribution in [-0.4, -0.2) is 18.4 Å². The van der Waals surface area contributed by atoms with Crippen molar-refractivity contribution >= 4 is 39.2 Å². The lowest BCUT2D eigenvalue weighted by atomic mass is 10.2. The summed E-state index contributed by atoms with van der Waals surface area (Å²) in [7, 11) is 0. The van der Waals surface area contributed by atoms with Gasteiger partial charge in [-0.3, -0.25) is 9.79 Å². The van der Waals surface area contributed by atoms with Crippen molar-refractivity contribution in [3.8, 4) is 0 Å². The first-order valence-electron chi connectivity index (χ1n) is 7.22. The van der Waals surface area contributed by atoms with Gasteiger partial charge in [0.1, 0.15) is 0 Å². The lowest BCUT2D eigenvalue weighted by Gasteiger charge is -2.08. The average molecular weight is 375 g/mol. The molecule has 0 saturated carbocycles. The number of nitrogens with one attached hydrogen (secondary N) is 2. The topological polar surface area (TPSA) is 79.5 Å². The molecule has 2 aromatic rings. The fraction of sp³-hybridized carbons (Fsp3) is 0.176. The molecule has 0 aliphatic heterocycles. The molecule has 1 amide bonds. The second-order valence-corrected chi connectivity index (χ2v) is 5.93. The fourth-order valence-electron chi connectivity index (χ4n) is 1.93. The largest absolute Gasteiger partial charge is 0.370 e. The van der Waals surface area contributed by atoms with Gasteiger partial charge in [-0.15, -0.1) is 0 Å². The number of amides is 1. The fourth-order valence-corrected chi connectivity index (χ4v) is 2.29. The van der Waals surface area contributed by atoms with E-state index in [1.165, 1.54) is 0 Å². The highest BCUT2D eigenvalue weighted by Crippen LogP contribution is 2.20. The molecule has 4 N–H and O–H groups in total. The van der Waals surface area contributed by atoms with Crippen molar-refractivity contribution in [2.45, 2.75) is 13.3 Å². The first-order chi connectivity index (χ1) is 11.0. The van der Waals surface area contributed by atoms with Gasteiger partial charge in [0.05, 0.1) is 6.54 Å². The Morgan fingerprint density at radius 2 is 1.91 bits per heavy atom. The molecule has 6 heteroatoms. The first kappa shape index (κ1) is 17.0. The Hall–Kier alpha value is -2.34. The molecular weight excluding hydrogens is 356 g/mol. The second-order valence-electron chi connectivity index (χ2n) is 5.02. The summed E-state index contributed by atoms with van der Waals surface area (Å²) >= 11 is 3.39. The first-order valence-corrected chi connectivity index (χ1v) is 8.02. The van der Waals surface area contributed by atoms with Crippen LogP contribution >= 0.6 is 15.9 Å². The minimum absolute atomic E-state index is 0.0949. The number of carbonyl (C=O) groups excluding carboxylic acids is 1. The molecule has 0 bridgehead atoms. The molecule has 2 aromatic carbocycles. The van der Waals surface area contributed by atoms with Crippen LogP contribution in [0.4, 0.5) is 11.4 Å². The zero-order valence-corrected chi connectivity index (χ0v) is 14.4. The summed E-state index contributed by atoms with van der Waals surface area (Å²) in [5, 5.41) is 5.85. The van der Waals surface area contributed by atoms with Gasteiger partial charge in [0.2, 0.25) is 5.91 Å². The minimum atomic E-state index is -0.0949. The number of guanidine groups is 1. The smallest absolute Gasteiger partial charge is 0.226 e. The number of benzene rings is 2. The Bertz CT molecular complexity index is 701. The van der Waals surface area contributed by atoms with Crippen LogP contribution in [0.2, 0.25) is 0 Å². The van der Waals surface area contributed by atoms with Crippen LogP contribution in [-0.2, 0) is 4.79 Å². The normalized spacial score (nSPS) is 11.1. The van der Waals surface area contributed by atoms with E-state index in [0.717, 1.165) is 21.4 Å².